The largest absolute Gasteiger partial charge is 0.341 e. The first-order chi connectivity index (χ1) is 12.8. The van der Waals surface area contributed by atoms with Crippen molar-refractivity contribution in [2.24, 2.45) is 0 Å². The van der Waals surface area contributed by atoms with Crippen LogP contribution in [-0.2, 0) is 0 Å². The minimum absolute atomic E-state index is 1.08. The summed E-state index contributed by atoms with van der Waals surface area (Å²) in [6.45, 7) is 5.61. The summed E-state index contributed by atoms with van der Waals surface area (Å²) < 4.78 is 0. The third-order valence-corrected chi connectivity index (χ3v) is 5.26. The molecule has 0 aliphatic rings. The summed E-state index contributed by atoms with van der Waals surface area (Å²) in [7, 11) is 0. The van der Waals surface area contributed by atoms with Crippen LogP contribution in [0.4, 0.5) is 11.4 Å². The first-order valence-corrected chi connectivity index (χ1v) is 10.1. The number of para-hydroxylation sites is 1. The molecule has 136 valence electrons. The van der Waals surface area contributed by atoms with E-state index in [9.17, 15) is 0 Å². The van der Waals surface area contributed by atoms with E-state index in [4.69, 9.17) is 0 Å². The lowest BCUT2D eigenvalue weighted by atomic mass is 10.0. The summed E-state index contributed by atoms with van der Waals surface area (Å²) in [6.07, 6.45) is 7.96. The molecule has 0 spiro atoms. The lowest BCUT2D eigenvalue weighted by Crippen LogP contribution is -2.19. The average Bonchev–Trinajstić information content (AvgIpc) is 2.69. The van der Waals surface area contributed by atoms with Crippen LogP contribution in [0.25, 0.3) is 10.8 Å². The fourth-order valence-corrected chi connectivity index (χ4v) is 3.75. The van der Waals surface area contributed by atoms with Crippen LogP contribution in [0.1, 0.15) is 51.0 Å². The zero-order valence-electron chi connectivity index (χ0n) is 16.2. The molecule has 1 nitrogen and oxygen atoms in total. The van der Waals surface area contributed by atoms with Crippen molar-refractivity contribution in [3.8, 4) is 0 Å². The lowest BCUT2D eigenvalue weighted by molar-refractivity contribution is 0.609. The minimum atomic E-state index is 1.08. The molecule has 0 N–H and O–H groups in total. The highest BCUT2D eigenvalue weighted by Crippen LogP contribution is 2.33. The van der Waals surface area contributed by atoms with Crippen molar-refractivity contribution >= 4 is 22.1 Å². The van der Waals surface area contributed by atoms with Crippen molar-refractivity contribution in [2.45, 2.75) is 52.4 Å². The van der Waals surface area contributed by atoms with Gasteiger partial charge in [0.25, 0.3) is 0 Å². The zero-order valence-corrected chi connectivity index (χ0v) is 16.2. The predicted octanol–water partition coefficient (Wildman–Crippen LogP) is 7.65. The number of fused-ring (bicyclic) bond motifs is 1. The zero-order chi connectivity index (χ0) is 18.2. The van der Waals surface area contributed by atoms with Crippen LogP contribution in [0.2, 0.25) is 0 Å². The van der Waals surface area contributed by atoms with Gasteiger partial charge in [0.2, 0.25) is 0 Å². The van der Waals surface area contributed by atoms with E-state index >= 15 is 0 Å². The summed E-state index contributed by atoms with van der Waals surface area (Å²) in [5.41, 5.74) is 4.00. The molecule has 0 aliphatic carbocycles. The van der Waals surface area contributed by atoms with Gasteiger partial charge in [0, 0.05) is 17.9 Å². The second-order valence-electron chi connectivity index (χ2n) is 7.19. The van der Waals surface area contributed by atoms with Crippen LogP contribution in [0, 0.1) is 6.92 Å². The smallest absolute Gasteiger partial charge is 0.0446 e. The van der Waals surface area contributed by atoms with Crippen LogP contribution < -0.4 is 4.90 Å². The Morgan fingerprint density at radius 3 is 2.19 bits per heavy atom. The Morgan fingerprint density at radius 2 is 1.38 bits per heavy atom. The van der Waals surface area contributed by atoms with E-state index < -0.39 is 0 Å². The Balaban J connectivity index is 1.83. The van der Waals surface area contributed by atoms with Gasteiger partial charge < -0.3 is 4.90 Å². The first-order valence-electron chi connectivity index (χ1n) is 10.1. The minimum Gasteiger partial charge on any atom is -0.341 e. The summed E-state index contributed by atoms with van der Waals surface area (Å²) in [5, 5.41) is 2.68. The van der Waals surface area contributed by atoms with Crippen LogP contribution >= 0.6 is 0 Å². The summed E-state index contributed by atoms with van der Waals surface area (Å²) in [5.74, 6) is 0. The maximum Gasteiger partial charge on any atom is 0.0446 e. The van der Waals surface area contributed by atoms with Gasteiger partial charge in [-0.3, -0.25) is 0 Å². The molecular formula is C25H31N. The Bertz CT molecular complexity index is 807. The average molecular weight is 346 g/mol. The van der Waals surface area contributed by atoms with E-state index in [1.54, 1.807) is 0 Å². The van der Waals surface area contributed by atoms with Gasteiger partial charge >= 0.3 is 0 Å². The predicted molar refractivity (Wildman–Crippen MR) is 116 cm³/mol. The highest BCUT2D eigenvalue weighted by Gasteiger charge is 2.13. The third kappa shape index (κ3) is 4.46. The normalized spacial score (nSPS) is 11.0. The highest BCUT2D eigenvalue weighted by molar-refractivity contribution is 5.91. The number of hydrogen-bond donors (Lipinski definition) is 0. The second-order valence-corrected chi connectivity index (χ2v) is 7.19. The van der Waals surface area contributed by atoms with E-state index in [0.29, 0.717) is 0 Å². The Labute approximate surface area is 158 Å². The lowest BCUT2D eigenvalue weighted by Gasteiger charge is -2.27. The van der Waals surface area contributed by atoms with Crippen LogP contribution in [0.5, 0.6) is 0 Å². The maximum absolute atomic E-state index is 2.50. The van der Waals surface area contributed by atoms with Gasteiger partial charge in [-0.15, -0.1) is 0 Å². The Kier molecular flexibility index (Phi) is 6.71. The van der Waals surface area contributed by atoms with Crippen molar-refractivity contribution in [3.63, 3.8) is 0 Å². The van der Waals surface area contributed by atoms with Crippen molar-refractivity contribution in [2.75, 3.05) is 11.4 Å². The molecule has 3 rings (SSSR count). The number of anilines is 2. The number of unbranched alkanes of at least 4 members (excludes halogenated alkanes) is 5. The van der Waals surface area contributed by atoms with Crippen molar-refractivity contribution in [1.29, 1.82) is 0 Å². The number of aryl methyl sites for hydroxylation is 1. The molecule has 0 amide bonds. The molecule has 0 saturated carbocycles. The molecule has 0 heterocycles. The molecule has 0 saturated heterocycles. The Morgan fingerprint density at radius 1 is 0.692 bits per heavy atom. The topological polar surface area (TPSA) is 3.24 Å². The first kappa shape index (κ1) is 18.5. The van der Waals surface area contributed by atoms with E-state index in [1.165, 1.54) is 66.2 Å². The summed E-state index contributed by atoms with van der Waals surface area (Å²) in [6, 6.07) is 24.1. The molecule has 1 heteroatoms. The summed E-state index contributed by atoms with van der Waals surface area (Å²) in [4.78, 5) is 2.50. The van der Waals surface area contributed by atoms with Crippen molar-refractivity contribution in [1.82, 2.24) is 0 Å². The molecule has 0 radical (unpaired) electrons. The van der Waals surface area contributed by atoms with E-state index in [2.05, 4.69) is 85.5 Å². The molecule has 3 aromatic rings. The molecular weight excluding hydrogens is 314 g/mol. The maximum atomic E-state index is 2.50. The van der Waals surface area contributed by atoms with Crippen LogP contribution in [0.15, 0.2) is 66.7 Å². The number of benzene rings is 3. The van der Waals surface area contributed by atoms with Gasteiger partial charge in [-0.05, 0) is 47.9 Å². The number of hydrogen-bond acceptors (Lipinski definition) is 1. The standard InChI is InChI=1S/C25H31N/c1-3-4-5-6-7-13-20-26(23-15-9-8-10-16-23)25-19-18-22-14-11-12-17-24(22)21(25)2/h8-12,14-19H,3-7,13,20H2,1-2H3. The van der Waals surface area contributed by atoms with Crippen LogP contribution in [-0.4, -0.2) is 6.54 Å². The van der Waals surface area contributed by atoms with Gasteiger partial charge in [-0.2, -0.15) is 0 Å². The fourth-order valence-electron chi connectivity index (χ4n) is 3.75. The van der Waals surface area contributed by atoms with E-state index in [1.807, 2.05) is 0 Å². The molecule has 0 atom stereocenters. The van der Waals surface area contributed by atoms with Gasteiger partial charge in [-0.1, -0.05) is 87.6 Å². The number of rotatable bonds is 9. The van der Waals surface area contributed by atoms with E-state index in [-0.39, 0.29) is 0 Å². The fraction of sp³-hybridized carbons (Fsp3) is 0.360. The molecule has 0 unspecified atom stereocenters. The third-order valence-electron chi connectivity index (χ3n) is 5.26. The molecule has 0 aliphatic heterocycles. The number of nitrogens with zero attached hydrogens (tertiary/aromatic N) is 1. The van der Waals surface area contributed by atoms with Gasteiger partial charge in [-0.25, -0.2) is 0 Å². The van der Waals surface area contributed by atoms with Gasteiger partial charge in [0.1, 0.15) is 0 Å². The molecule has 0 bridgehead atoms. The van der Waals surface area contributed by atoms with Gasteiger partial charge in [0.15, 0.2) is 0 Å². The molecule has 26 heavy (non-hydrogen) atoms. The van der Waals surface area contributed by atoms with Crippen LogP contribution in [0.3, 0.4) is 0 Å². The molecule has 3 aromatic carbocycles. The highest BCUT2D eigenvalue weighted by atomic mass is 15.1. The van der Waals surface area contributed by atoms with E-state index in [0.717, 1.165) is 6.54 Å². The molecule has 0 fully saturated rings. The Hall–Kier alpha value is -2.28. The molecule has 0 aromatic heterocycles. The second kappa shape index (κ2) is 9.43. The SMILES string of the molecule is CCCCCCCCN(c1ccccc1)c1ccc2ccccc2c1C. The van der Waals surface area contributed by atoms with Crippen molar-refractivity contribution < 1.29 is 0 Å². The quantitative estimate of drug-likeness (QED) is 0.360. The monoisotopic (exact) mass is 345 g/mol. The summed E-state index contributed by atoms with van der Waals surface area (Å²) >= 11 is 0. The van der Waals surface area contributed by atoms with Gasteiger partial charge in [0.05, 0.1) is 0 Å². The van der Waals surface area contributed by atoms with Crippen molar-refractivity contribution in [3.05, 3.63) is 72.3 Å².